The van der Waals surface area contributed by atoms with E-state index < -0.39 is 5.92 Å². The van der Waals surface area contributed by atoms with Gasteiger partial charge >= 0.3 is 0 Å². The summed E-state index contributed by atoms with van der Waals surface area (Å²) in [6.07, 6.45) is 0.169. The minimum absolute atomic E-state index is 0.169. The Hall–Kier alpha value is -3.41. The lowest BCUT2D eigenvalue weighted by molar-refractivity contribution is -0.116. The predicted octanol–water partition coefficient (Wildman–Crippen LogP) is 2.92. The van der Waals surface area contributed by atoms with Crippen molar-refractivity contribution in [3.05, 3.63) is 76.1 Å². The van der Waals surface area contributed by atoms with E-state index in [4.69, 9.17) is 4.74 Å². The Balaban J connectivity index is 1.88. The van der Waals surface area contributed by atoms with Gasteiger partial charge in [-0.3, -0.25) is 9.59 Å². The van der Waals surface area contributed by atoms with Crippen LogP contribution < -0.4 is 15.6 Å². The molecule has 26 heavy (non-hydrogen) atoms. The largest absolute Gasteiger partial charge is 0.496 e. The molecule has 1 aliphatic heterocycles. The van der Waals surface area contributed by atoms with E-state index in [0.717, 1.165) is 11.1 Å². The maximum absolute atomic E-state index is 12.9. The third kappa shape index (κ3) is 2.75. The molecule has 2 N–H and O–H groups in total. The molecule has 0 bridgehead atoms. The Bertz CT molecular complexity index is 1030. The van der Waals surface area contributed by atoms with Crippen LogP contribution in [-0.4, -0.2) is 23.0 Å². The molecule has 1 amide bonds. The summed E-state index contributed by atoms with van der Waals surface area (Å²) >= 11 is 0. The Morgan fingerprint density at radius 2 is 1.77 bits per heavy atom. The summed E-state index contributed by atoms with van der Waals surface area (Å²) in [5, 5.41) is 2.74. The molecule has 6 heteroatoms. The fourth-order valence-electron chi connectivity index (χ4n) is 3.32. The van der Waals surface area contributed by atoms with Crippen LogP contribution in [0.3, 0.4) is 0 Å². The lowest BCUT2D eigenvalue weighted by Crippen LogP contribution is -2.31. The Kier molecular flexibility index (Phi) is 4.01. The number of para-hydroxylation sites is 1. The normalized spacial score (nSPS) is 15.9. The smallest absolute Gasteiger partial charge is 0.257 e. The van der Waals surface area contributed by atoms with Crippen LogP contribution in [0.5, 0.6) is 5.75 Å². The molecular weight excluding hydrogens is 330 g/mol. The third-order valence-corrected chi connectivity index (χ3v) is 4.51. The summed E-state index contributed by atoms with van der Waals surface area (Å²) in [5.74, 6) is 0.793. The molecule has 4 rings (SSSR count). The molecule has 1 aromatic heterocycles. The minimum Gasteiger partial charge on any atom is -0.496 e. The van der Waals surface area contributed by atoms with E-state index in [9.17, 15) is 9.59 Å². The number of anilines is 1. The quantitative estimate of drug-likeness (QED) is 0.763. The number of aromatic nitrogens is 2. The molecule has 0 saturated carbocycles. The van der Waals surface area contributed by atoms with Gasteiger partial charge in [0.1, 0.15) is 17.4 Å². The van der Waals surface area contributed by atoms with Crippen LogP contribution in [0.15, 0.2) is 59.4 Å². The number of carbonyl (C=O) groups excluding carboxylic acids is 1. The van der Waals surface area contributed by atoms with E-state index in [1.807, 2.05) is 54.6 Å². The van der Waals surface area contributed by atoms with Crippen molar-refractivity contribution in [2.45, 2.75) is 12.3 Å². The lowest BCUT2D eigenvalue weighted by atomic mass is 9.86. The fourth-order valence-corrected chi connectivity index (χ4v) is 3.32. The number of carbonyl (C=O) groups is 1. The molecule has 2 heterocycles. The van der Waals surface area contributed by atoms with Gasteiger partial charge in [-0.05, 0) is 6.07 Å². The summed E-state index contributed by atoms with van der Waals surface area (Å²) in [6.45, 7) is 0. The van der Waals surface area contributed by atoms with Crippen molar-refractivity contribution in [2.75, 3.05) is 12.4 Å². The number of nitrogens with zero attached hydrogens (tertiary/aromatic N) is 1. The lowest BCUT2D eigenvalue weighted by Gasteiger charge is -2.25. The third-order valence-electron chi connectivity index (χ3n) is 4.51. The molecule has 130 valence electrons. The molecule has 1 aliphatic rings. The summed E-state index contributed by atoms with van der Waals surface area (Å²) in [7, 11) is 1.57. The van der Waals surface area contributed by atoms with Gasteiger partial charge in [0.2, 0.25) is 5.91 Å². The number of nitrogens with one attached hydrogen (secondary N) is 2. The molecule has 1 atom stereocenters. The van der Waals surface area contributed by atoms with Gasteiger partial charge in [-0.2, -0.15) is 0 Å². The molecule has 0 fully saturated rings. The number of fused-ring (bicyclic) bond motifs is 1. The zero-order chi connectivity index (χ0) is 18.1. The number of hydrogen-bond acceptors (Lipinski definition) is 4. The van der Waals surface area contributed by atoms with Crippen molar-refractivity contribution in [1.82, 2.24) is 9.97 Å². The van der Waals surface area contributed by atoms with Crippen molar-refractivity contribution in [3.8, 4) is 17.1 Å². The van der Waals surface area contributed by atoms with E-state index >= 15 is 0 Å². The highest BCUT2D eigenvalue weighted by Crippen LogP contribution is 2.38. The van der Waals surface area contributed by atoms with E-state index in [1.54, 1.807) is 7.11 Å². The number of amides is 1. The average molecular weight is 347 g/mol. The molecule has 0 radical (unpaired) electrons. The number of hydrogen-bond donors (Lipinski definition) is 2. The second-order valence-electron chi connectivity index (χ2n) is 6.09. The van der Waals surface area contributed by atoms with Gasteiger partial charge in [0, 0.05) is 23.5 Å². The van der Waals surface area contributed by atoms with Gasteiger partial charge in [-0.25, -0.2) is 4.98 Å². The first-order valence-electron chi connectivity index (χ1n) is 8.30. The molecule has 0 spiro atoms. The summed E-state index contributed by atoms with van der Waals surface area (Å²) < 4.78 is 5.42. The number of rotatable bonds is 3. The molecule has 2 aromatic carbocycles. The monoisotopic (exact) mass is 347 g/mol. The predicted molar refractivity (Wildman–Crippen MR) is 98.4 cm³/mol. The molecular formula is C20H17N3O3. The molecule has 6 nitrogen and oxygen atoms in total. The first-order chi connectivity index (χ1) is 12.7. The van der Waals surface area contributed by atoms with Gasteiger partial charge in [0.15, 0.2) is 0 Å². The zero-order valence-electron chi connectivity index (χ0n) is 14.2. The van der Waals surface area contributed by atoms with Gasteiger partial charge in [0.25, 0.3) is 5.56 Å². The molecule has 0 unspecified atom stereocenters. The van der Waals surface area contributed by atoms with Crippen molar-refractivity contribution >= 4 is 11.7 Å². The van der Waals surface area contributed by atoms with Crippen molar-refractivity contribution in [3.63, 3.8) is 0 Å². The summed E-state index contributed by atoms with van der Waals surface area (Å²) in [6, 6.07) is 16.7. The molecule has 0 aliphatic carbocycles. The minimum atomic E-state index is -0.407. The van der Waals surface area contributed by atoms with Gasteiger partial charge < -0.3 is 15.0 Å². The number of ether oxygens (including phenoxy) is 1. The highest BCUT2D eigenvalue weighted by molar-refractivity contribution is 5.94. The number of aromatic amines is 1. The van der Waals surface area contributed by atoms with Gasteiger partial charge in [-0.15, -0.1) is 0 Å². The van der Waals surface area contributed by atoms with Crippen LogP contribution in [0.1, 0.15) is 23.5 Å². The van der Waals surface area contributed by atoms with Crippen LogP contribution in [0, 0.1) is 0 Å². The maximum atomic E-state index is 12.9. The topological polar surface area (TPSA) is 84.1 Å². The summed E-state index contributed by atoms with van der Waals surface area (Å²) in [4.78, 5) is 32.5. The van der Waals surface area contributed by atoms with E-state index in [1.165, 1.54) is 0 Å². The Morgan fingerprint density at radius 1 is 1.04 bits per heavy atom. The van der Waals surface area contributed by atoms with E-state index in [0.29, 0.717) is 23.0 Å². The highest BCUT2D eigenvalue weighted by Gasteiger charge is 2.32. The fraction of sp³-hybridized carbons (Fsp3) is 0.150. The Morgan fingerprint density at radius 3 is 2.54 bits per heavy atom. The second kappa shape index (κ2) is 6.48. The van der Waals surface area contributed by atoms with E-state index in [2.05, 4.69) is 15.3 Å². The SMILES string of the molecule is COc1ccccc1[C@H]1CC(=O)Nc2nc(-c3ccccc3)[nH]c(=O)c21. The van der Waals surface area contributed by atoms with Crippen LogP contribution in [0.4, 0.5) is 5.82 Å². The van der Waals surface area contributed by atoms with E-state index in [-0.39, 0.29) is 17.9 Å². The van der Waals surface area contributed by atoms with Crippen molar-refractivity contribution in [1.29, 1.82) is 0 Å². The zero-order valence-corrected chi connectivity index (χ0v) is 14.2. The van der Waals surface area contributed by atoms with Crippen molar-refractivity contribution in [2.24, 2.45) is 0 Å². The maximum Gasteiger partial charge on any atom is 0.257 e. The van der Waals surface area contributed by atoms with Crippen LogP contribution >= 0.6 is 0 Å². The summed E-state index contributed by atoms with van der Waals surface area (Å²) in [5.41, 5.74) is 1.77. The van der Waals surface area contributed by atoms with Gasteiger partial charge in [-0.1, -0.05) is 48.5 Å². The first kappa shape index (κ1) is 16.1. The van der Waals surface area contributed by atoms with Gasteiger partial charge in [0.05, 0.1) is 12.7 Å². The highest BCUT2D eigenvalue weighted by atomic mass is 16.5. The number of H-pyrrole nitrogens is 1. The number of benzene rings is 2. The van der Waals surface area contributed by atoms with Crippen LogP contribution in [-0.2, 0) is 4.79 Å². The molecule has 0 saturated heterocycles. The second-order valence-corrected chi connectivity index (χ2v) is 6.09. The molecule has 3 aromatic rings. The van der Waals surface area contributed by atoms with Crippen molar-refractivity contribution < 1.29 is 9.53 Å². The standard InChI is InChI=1S/C20H17N3O3/c1-26-15-10-6-5-9-13(15)14-11-16(24)21-19-17(14)20(25)23-18(22-19)12-7-3-2-4-8-12/h2-10,14H,11H2,1H3,(H2,21,22,23,24,25)/t14-/m1/s1. The number of methoxy groups -OCH3 is 1. The first-order valence-corrected chi connectivity index (χ1v) is 8.30. The Labute approximate surface area is 149 Å². The average Bonchev–Trinajstić information content (AvgIpc) is 2.67. The van der Waals surface area contributed by atoms with Crippen LogP contribution in [0.25, 0.3) is 11.4 Å². The van der Waals surface area contributed by atoms with Crippen LogP contribution in [0.2, 0.25) is 0 Å².